The fraction of sp³-hybridized carbons (Fsp3) is 0.714. The van der Waals surface area contributed by atoms with E-state index in [1.54, 1.807) is 0 Å². The molecule has 0 amide bonds. The Morgan fingerprint density at radius 1 is 0.353 bits per heavy atom. The summed E-state index contributed by atoms with van der Waals surface area (Å²) in [7, 11) is 0. The first-order valence-electron chi connectivity index (χ1n) is 28.8. The predicted molar refractivity (Wildman–Crippen MR) is 297 cm³/mol. The monoisotopic (exact) mass is 945 g/mol. The van der Waals surface area contributed by atoms with Crippen molar-refractivity contribution in [1.82, 2.24) is 0 Å². The Bertz CT molecular complexity index is 1300. The van der Waals surface area contributed by atoms with Gasteiger partial charge in [-0.25, -0.2) is 0 Å². The smallest absolute Gasteiger partial charge is 0.306 e. The number of hydrogen-bond donors (Lipinski definition) is 1. The molecule has 0 heterocycles. The number of unbranched alkanes of at least 4 members (excludes halogenated alkanes) is 28. The zero-order valence-corrected chi connectivity index (χ0v) is 44.6. The normalized spacial score (nSPS) is 12.9. The van der Waals surface area contributed by atoms with Crippen molar-refractivity contribution in [3.63, 3.8) is 0 Å². The molecule has 0 aliphatic rings. The van der Waals surface area contributed by atoms with Crippen LogP contribution in [0.25, 0.3) is 0 Å². The SMILES string of the molecule is CC/C=C\C/C=C\C/C=C\C/C=C\C/C=C\C/C=C\CCCCCCCCCCCCCCCCCCCCCCCCC(=O)OC(CO)COC(=O)CCCCCCC/C=C\C/C=C\CCC. The van der Waals surface area contributed by atoms with Crippen molar-refractivity contribution in [3.05, 3.63) is 97.2 Å². The van der Waals surface area contributed by atoms with Gasteiger partial charge in [-0.15, -0.1) is 0 Å². The first kappa shape index (κ1) is 64.8. The van der Waals surface area contributed by atoms with Crippen molar-refractivity contribution in [2.45, 2.75) is 277 Å². The van der Waals surface area contributed by atoms with Crippen LogP contribution < -0.4 is 0 Å². The van der Waals surface area contributed by atoms with Crippen LogP contribution >= 0.6 is 0 Å². The van der Waals surface area contributed by atoms with Gasteiger partial charge in [-0.05, 0) is 89.9 Å². The molecule has 0 aromatic heterocycles. The minimum atomic E-state index is -0.779. The first-order chi connectivity index (χ1) is 33.6. The maximum Gasteiger partial charge on any atom is 0.306 e. The molecule has 390 valence electrons. The van der Waals surface area contributed by atoms with Gasteiger partial charge in [0.05, 0.1) is 6.61 Å². The molecule has 0 aromatic carbocycles. The van der Waals surface area contributed by atoms with Gasteiger partial charge < -0.3 is 14.6 Å². The van der Waals surface area contributed by atoms with E-state index < -0.39 is 6.10 Å². The van der Waals surface area contributed by atoms with Crippen molar-refractivity contribution in [2.24, 2.45) is 0 Å². The highest BCUT2D eigenvalue weighted by atomic mass is 16.6. The van der Waals surface area contributed by atoms with Crippen LogP contribution in [0.4, 0.5) is 0 Å². The molecule has 0 saturated carbocycles. The van der Waals surface area contributed by atoms with Crippen LogP contribution in [0.1, 0.15) is 271 Å². The van der Waals surface area contributed by atoms with E-state index >= 15 is 0 Å². The molecule has 68 heavy (non-hydrogen) atoms. The summed E-state index contributed by atoms with van der Waals surface area (Å²) >= 11 is 0. The third kappa shape index (κ3) is 55.4. The van der Waals surface area contributed by atoms with E-state index in [-0.39, 0.29) is 25.2 Å². The molecular formula is C63H108O5. The highest BCUT2D eigenvalue weighted by Gasteiger charge is 2.16. The van der Waals surface area contributed by atoms with E-state index in [1.165, 1.54) is 148 Å². The van der Waals surface area contributed by atoms with Crippen LogP contribution in [0.5, 0.6) is 0 Å². The summed E-state index contributed by atoms with van der Waals surface area (Å²) < 4.78 is 10.7. The second kappa shape index (κ2) is 58.1. The van der Waals surface area contributed by atoms with Crippen LogP contribution in [0.3, 0.4) is 0 Å². The summed E-state index contributed by atoms with van der Waals surface area (Å²) in [6.07, 6.45) is 82.6. The van der Waals surface area contributed by atoms with Crippen molar-refractivity contribution in [3.8, 4) is 0 Å². The lowest BCUT2D eigenvalue weighted by atomic mass is 10.0. The summed E-state index contributed by atoms with van der Waals surface area (Å²) in [6.45, 7) is 3.96. The third-order valence-corrected chi connectivity index (χ3v) is 12.3. The maximum atomic E-state index is 12.3. The van der Waals surface area contributed by atoms with Gasteiger partial charge in [0, 0.05) is 12.8 Å². The van der Waals surface area contributed by atoms with Gasteiger partial charge in [-0.1, -0.05) is 265 Å². The topological polar surface area (TPSA) is 72.8 Å². The Labute approximate surface area is 421 Å². The Morgan fingerprint density at radius 2 is 0.632 bits per heavy atom. The van der Waals surface area contributed by atoms with Gasteiger partial charge in [-0.2, -0.15) is 0 Å². The molecule has 1 unspecified atom stereocenters. The summed E-state index contributed by atoms with van der Waals surface area (Å²) in [5.41, 5.74) is 0. The zero-order chi connectivity index (χ0) is 49.2. The number of allylic oxidation sites excluding steroid dienone is 16. The quantitative estimate of drug-likeness (QED) is 0.0374. The number of ether oxygens (including phenoxy) is 2. The Morgan fingerprint density at radius 3 is 0.956 bits per heavy atom. The van der Waals surface area contributed by atoms with Gasteiger partial charge in [0.2, 0.25) is 0 Å². The molecule has 5 nitrogen and oxygen atoms in total. The van der Waals surface area contributed by atoms with E-state index in [4.69, 9.17) is 9.47 Å². The van der Waals surface area contributed by atoms with Gasteiger partial charge in [0.15, 0.2) is 6.10 Å². The van der Waals surface area contributed by atoms with Crippen molar-refractivity contribution >= 4 is 11.9 Å². The molecule has 1 atom stereocenters. The van der Waals surface area contributed by atoms with Crippen molar-refractivity contribution in [2.75, 3.05) is 13.2 Å². The summed E-state index contributed by atoms with van der Waals surface area (Å²) in [5.74, 6) is -0.602. The van der Waals surface area contributed by atoms with Crippen LogP contribution in [0, 0.1) is 0 Å². The lowest BCUT2D eigenvalue weighted by Gasteiger charge is -2.15. The zero-order valence-electron chi connectivity index (χ0n) is 44.6. The fourth-order valence-corrected chi connectivity index (χ4v) is 8.07. The second-order valence-electron chi connectivity index (χ2n) is 19.0. The molecule has 0 fully saturated rings. The van der Waals surface area contributed by atoms with Crippen molar-refractivity contribution < 1.29 is 24.2 Å². The second-order valence-corrected chi connectivity index (χ2v) is 19.0. The molecule has 0 bridgehead atoms. The summed E-state index contributed by atoms with van der Waals surface area (Å²) in [4.78, 5) is 24.4. The summed E-state index contributed by atoms with van der Waals surface area (Å²) in [5, 5.41) is 9.62. The van der Waals surface area contributed by atoms with E-state index in [1.807, 2.05) is 0 Å². The minimum absolute atomic E-state index is 0.0733. The fourth-order valence-electron chi connectivity index (χ4n) is 8.07. The standard InChI is InChI=1S/C63H108O5/c1-3-5-7-9-11-13-15-17-18-19-20-21-22-23-24-25-26-27-28-29-30-31-32-33-34-35-36-37-38-39-40-41-42-43-44-46-48-50-52-54-56-58-63(66)68-61(59-64)60-67-62(65)57-55-53-51-49-47-45-16-14-12-10-8-6-4-2/h5,7-8,10-11,13-14,16-18,20-21,23-24,26-27,61,64H,3-4,6,9,12,15,19,22,25,28-60H2,1-2H3/b7-5-,10-8-,13-11-,16-14-,18-17-,21-20-,24-23-,27-26-. The Balaban J connectivity index is 3.42. The molecule has 0 aliphatic carbocycles. The third-order valence-electron chi connectivity index (χ3n) is 12.3. The number of esters is 2. The van der Waals surface area contributed by atoms with Gasteiger partial charge >= 0.3 is 11.9 Å². The molecule has 0 radical (unpaired) electrons. The van der Waals surface area contributed by atoms with Gasteiger partial charge in [-0.3, -0.25) is 9.59 Å². The number of aliphatic hydroxyl groups is 1. The average molecular weight is 946 g/mol. The average Bonchev–Trinajstić information content (AvgIpc) is 3.34. The largest absolute Gasteiger partial charge is 0.462 e. The molecule has 1 N–H and O–H groups in total. The van der Waals surface area contributed by atoms with E-state index in [0.29, 0.717) is 12.8 Å². The van der Waals surface area contributed by atoms with E-state index in [2.05, 4.69) is 111 Å². The summed E-state index contributed by atoms with van der Waals surface area (Å²) in [6, 6.07) is 0. The lowest BCUT2D eigenvalue weighted by molar-refractivity contribution is -0.161. The number of carbonyl (C=O) groups excluding carboxylic acids is 2. The number of carbonyl (C=O) groups is 2. The highest BCUT2D eigenvalue weighted by Crippen LogP contribution is 2.16. The van der Waals surface area contributed by atoms with Gasteiger partial charge in [0.1, 0.15) is 6.61 Å². The molecule has 5 heteroatoms. The minimum Gasteiger partial charge on any atom is -0.462 e. The van der Waals surface area contributed by atoms with Crippen LogP contribution in [0.15, 0.2) is 97.2 Å². The molecular weight excluding hydrogens is 837 g/mol. The van der Waals surface area contributed by atoms with E-state index in [9.17, 15) is 14.7 Å². The Kier molecular flexibility index (Phi) is 55.4. The van der Waals surface area contributed by atoms with Crippen LogP contribution in [0.2, 0.25) is 0 Å². The van der Waals surface area contributed by atoms with Gasteiger partial charge in [0.25, 0.3) is 0 Å². The number of hydrogen-bond acceptors (Lipinski definition) is 5. The maximum absolute atomic E-state index is 12.3. The lowest BCUT2D eigenvalue weighted by Crippen LogP contribution is -2.28. The molecule has 0 aliphatic heterocycles. The molecule has 0 saturated heterocycles. The van der Waals surface area contributed by atoms with Crippen LogP contribution in [-0.4, -0.2) is 36.4 Å². The predicted octanol–water partition coefficient (Wildman–Crippen LogP) is 19.5. The van der Waals surface area contributed by atoms with E-state index in [0.717, 1.165) is 96.3 Å². The first-order valence-corrected chi connectivity index (χ1v) is 28.8. The number of aliphatic hydroxyl groups excluding tert-OH is 1. The van der Waals surface area contributed by atoms with Crippen molar-refractivity contribution in [1.29, 1.82) is 0 Å². The molecule has 0 rings (SSSR count). The Hall–Kier alpha value is -3.18. The highest BCUT2D eigenvalue weighted by molar-refractivity contribution is 5.70. The molecule has 0 spiro atoms. The van der Waals surface area contributed by atoms with Crippen LogP contribution in [-0.2, 0) is 19.1 Å². The number of rotatable bonds is 52. The molecule has 0 aromatic rings.